The van der Waals surface area contributed by atoms with Gasteiger partial charge in [-0.15, -0.1) is 11.3 Å². The van der Waals surface area contributed by atoms with E-state index in [-0.39, 0.29) is 17.6 Å². The Morgan fingerprint density at radius 3 is 2.53 bits per heavy atom. The van der Waals surface area contributed by atoms with Crippen molar-refractivity contribution in [3.05, 3.63) is 34.2 Å². The molecule has 104 valence electrons. The third-order valence-corrected chi connectivity index (χ3v) is 4.36. The van der Waals surface area contributed by atoms with Crippen LogP contribution in [0.4, 0.5) is 8.78 Å². The van der Waals surface area contributed by atoms with Gasteiger partial charge in [0, 0.05) is 16.8 Å². The van der Waals surface area contributed by atoms with Gasteiger partial charge in [-0.05, 0) is 36.6 Å². The van der Waals surface area contributed by atoms with E-state index in [4.69, 9.17) is 0 Å². The lowest BCUT2D eigenvalue weighted by Crippen LogP contribution is -2.14. The summed E-state index contributed by atoms with van der Waals surface area (Å²) in [5, 5.41) is 3.78. The van der Waals surface area contributed by atoms with E-state index in [0.29, 0.717) is 16.6 Å². The lowest BCUT2D eigenvalue weighted by atomic mass is 9.99. The monoisotopic (exact) mass is 283 g/mol. The normalized spacial score (nSPS) is 11.7. The highest BCUT2D eigenvalue weighted by Crippen LogP contribution is 2.38. The van der Waals surface area contributed by atoms with E-state index in [1.54, 1.807) is 0 Å². The maximum absolute atomic E-state index is 14.0. The van der Waals surface area contributed by atoms with Gasteiger partial charge in [-0.25, -0.2) is 8.78 Å². The minimum absolute atomic E-state index is 0.184. The summed E-state index contributed by atoms with van der Waals surface area (Å²) in [5.74, 6) is -0.466. The van der Waals surface area contributed by atoms with Crippen LogP contribution in [0.15, 0.2) is 12.1 Å². The number of fused-ring (bicyclic) bond motifs is 1. The molecular weight excluding hydrogens is 264 g/mol. The Morgan fingerprint density at radius 2 is 1.89 bits per heavy atom. The fourth-order valence-electron chi connectivity index (χ4n) is 2.32. The van der Waals surface area contributed by atoms with E-state index in [0.717, 1.165) is 23.4 Å². The van der Waals surface area contributed by atoms with Crippen LogP contribution < -0.4 is 5.32 Å². The maximum Gasteiger partial charge on any atom is 0.141 e. The second kappa shape index (κ2) is 5.97. The second-order valence-corrected chi connectivity index (χ2v) is 6.11. The van der Waals surface area contributed by atoms with Crippen molar-refractivity contribution in [2.45, 2.75) is 39.7 Å². The van der Waals surface area contributed by atoms with E-state index in [1.807, 2.05) is 13.8 Å². The molecule has 0 aliphatic carbocycles. The van der Waals surface area contributed by atoms with Crippen molar-refractivity contribution >= 4 is 21.4 Å². The molecule has 0 saturated carbocycles. The number of nitrogens with one attached hydrogen (secondary N) is 1. The quantitative estimate of drug-likeness (QED) is 0.777. The Balaban J connectivity index is 2.54. The van der Waals surface area contributed by atoms with Crippen molar-refractivity contribution in [1.29, 1.82) is 0 Å². The number of rotatable bonds is 5. The standard InChI is InChI=1S/C15H19F2NS/c1-4-7-18-8-12-13(9(2)3)14-10(16)5-6-11(17)15(14)19-12/h5-6,9,18H,4,7-8H2,1-3H3. The van der Waals surface area contributed by atoms with Gasteiger partial charge in [-0.2, -0.15) is 0 Å². The van der Waals surface area contributed by atoms with Gasteiger partial charge < -0.3 is 5.32 Å². The van der Waals surface area contributed by atoms with Gasteiger partial charge in [0.15, 0.2) is 0 Å². The molecule has 0 aliphatic rings. The fourth-order valence-corrected chi connectivity index (χ4v) is 3.67. The molecule has 0 saturated heterocycles. The first-order valence-electron chi connectivity index (χ1n) is 6.66. The van der Waals surface area contributed by atoms with Crippen LogP contribution in [0, 0.1) is 11.6 Å². The molecule has 2 aromatic rings. The van der Waals surface area contributed by atoms with Crippen LogP contribution in [0.1, 0.15) is 43.6 Å². The molecule has 0 spiro atoms. The molecule has 1 nitrogen and oxygen atoms in total. The summed E-state index contributed by atoms with van der Waals surface area (Å²) in [6.07, 6.45) is 1.05. The summed E-state index contributed by atoms with van der Waals surface area (Å²) >= 11 is 1.37. The zero-order chi connectivity index (χ0) is 14.0. The molecule has 1 N–H and O–H groups in total. The summed E-state index contributed by atoms with van der Waals surface area (Å²) in [5.41, 5.74) is 0.945. The molecule has 0 unspecified atom stereocenters. The van der Waals surface area contributed by atoms with E-state index in [2.05, 4.69) is 12.2 Å². The van der Waals surface area contributed by atoms with Crippen LogP contribution in [-0.4, -0.2) is 6.54 Å². The molecule has 0 amide bonds. The summed E-state index contributed by atoms with van der Waals surface area (Å²) in [6.45, 7) is 7.74. The molecule has 2 rings (SSSR count). The lowest BCUT2D eigenvalue weighted by molar-refractivity contribution is 0.617. The zero-order valence-corrected chi connectivity index (χ0v) is 12.3. The molecule has 1 heterocycles. The van der Waals surface area contributed by atoms with Gasteiger partial charge in [0.2, 0.25) is 0 Å². The summed E-state index contributed by atoms with van der Waals surface area (Å²) < 4.78 is 28.3. The lowest BCUT2D eigenvalue weighted by Gasteiger charge is -2.09. The third-order valence-electron chi connectivity index (χ3n) is 3.14. The summed E-state index contributed by atoms with van der Waals surface area (Å²) in [7, 11) is 0. The number of thiophene rings is 1. The smallest absolute Gasteiger partial charge is 0.141 e. The van der Waals surface area contributed by atoms with Crippen LogP contribution in [0.2, 0.25) is 0 Å². The molecule has 0 fully saturated rings. The second-order valence-electron chi connectivity index (χ2n) is 5.00. The topological polar surface area (TPSA) is 12.0 Å². The maximum atomic E-state index is 14.0. The number of hydrogen-bond acceptors (Lipinski definition) is 2. The Morgan fingerprint density at radius 1 is 1.21 bits per heavy atom. The molecule has 1 aromatic carbocycles. The predicted octanol–water partition coefficient (Wildman–Crippen LogP) is 4.80. The van der Waals surface area contributed by atoms with Gasteiger partial charge in [-0.1, -0.05) is 20.8 Å². The van der Waals surface area contributed by atoms with E-state index in [9.17, 15) is 8.78 Å². The first-order valence-corrected chi connectivity index (χ1v) is 7.47. The Bertz CT molecular complexity index is 575. The molecule has 4 heteroatoms. The molecule has 0 bridgehead atoms. The van der Waals surface area contributed by atoms with Gasteiger partial charge in [0.25, 0.3) is 0 Å². The molecule has 0 atom stereocenters. The SMILES string of the molecule is CCCNCc1sc2c(F)ccc(F)c2c1C(C)C. The third kappa shape index (κ3) is 2.79. The Labute approximate surface area is 116 Å². The average molecular weight is 283 g/mol. The van der Waals surface area contributed by atoms with Crippen LogP contribution in [-0.2, 0) is 6.54 Å². The van der Waals surface area contributed by atoms with Crippen molar-refractivity contribution in [3.8, 4) is 0 Å². The van der Waals surface area contributed by atoms with Crippen molar-refractivity contribution in [2.24, 2.45) is 0 Å². The van der Waals surface area contributed by atoms with Crippen molar-refractivity contribution in [3.63, 3.8) is 0 Å². The highest BCUT2D eigenvalue weighted by molar-refractivity contribution is 7.19. The Hall–Kier alpha value is -1.00. The number of hydrogen-bond donors (Lipinski definition) is 1. The predicted molar refractivity (Wildman–Crippen MR) is 77.8 cm³/mol. The fraction of sp³-hybridized carbons (Fsp3) is 0.467. The van der Waals surface area contributed by atoms with Gasteiger partial charge in [-0.3, -0.25) is 0 Å². The van der Waals surface area contributed by atoms with Crippen LogP contribution in [0.5, 0.6) is 0 Å². The Kier molecular flexibility index (Phi) is 4.53. The minimum Gasteiger partial charge on any atom is -0.312 e. The highest BCUT2D eigenvalue weighted by atomic mass is 32.1. The van der Waals surface area contributed by atoms with Crippen molar-refractivity contribution < 1.29 is 8.78 Å². The zero-order valence-electron chi connectivity index (χ0n) is 11.5. The molecule has 0 radical (unpaired) electrons. The minimum atomic E-state index is -0.329. The van der Waals surface area contributed by atoms with Gasteiger partial charge in [0.05, 0.1) is 4.70 Å². The molecule has 0 aliphatic heterocycles. The van der Waals surface area contributed by atoms with E-state index in [1.165, 1.54) is 23.5 Å². The van der Waals surface area contributed by atoms with E-state index >= 15 is 0 Å². The largest absolute Gasteiger partial charge is 0.312 e. The number of halogens is 2. The average Bonchev–Trinajstić information content (AvgIpc) is 2.75. The highest BCUT2D eigenvalue weighted by Gasteiger charge is 2.20. The summed E-state index contributed by atoms with van der Waals surface area (Å²) in [4.78, 5) is 1.04. The van der Waals surface area contributed by atoms with Crippen molar-refractivity contribution in [2.75, 3.05) is 6.54 Å². The van der Waals surface area contributed by atoms with Crippen LogP contribution in [0.3, 0.4) is 0 Å². The van der Waals surface area contributed by atoms with Gasteiger partial charge in [0.1, 0.15) is 11.6 Å². The van der Waals surface area contributed by atoms with Gasteiger partial charge >= 0.3 is 0 Å². The molecule has 1 aromatic heterocycles. The summed E-state index contributed by atoms with van der Waals surface area (Å²) in [6, 6.07) is 2.43. The first kappa shape index (κ1) is 14.4. The first-order chi connectivity index (χ1) is 9.06. The molecule has 19 heavy (non-hydrogen) atoms. The van der Waals surface area contributed by atoms with Crippen molar-refractivity contribution in [1.82, 2.24) is 5.32 Å². The molecular formula is C15H19F2NS. The van der Waals surface area contributed by atoms with Crippen LogP contribution in [0.25, 0.3) is 10.1 Å². The van der Waals surface area contributed by atoms with E-state index < -0.39 is 0 Å². The van der Waals surface area contributed by atoms with Crippen LogP contribution >= 0.6 is 11.3 Å². The number of benzene rings is 1.